The number of hydrogen-bond acceptors (Lipinski definition) is 2. The van der Waals surface area contributed by atoms with Gasteiger partial charge in [0, 0.05) is 10.0 Å². The summed E-state index contributed by atoms with van der Waals surface area (Å²) < 4.78 is 12.1. The summed E-state index contributed by atoms with van der Waals surface area (Å²) in [4.78, 5) is 0. The SMILES string of the molecule is CCCCCCOc1ccc(C2=C(c3ccc(OCCCCCC)cc3)C(c3ccc(Cl)cc3)=C2c2ccc(Cl)cc2)cc1. The lowest BCUT2D eigenvalue weighted by atomic mass is 9.69. The Bertz CT molecular complexity index is 1430. The van der Waals surface area contributed by atoms with Gasteiger partial charge in [0.25, 0.3) is 0 Å². The van der Waals surface area contributed by atoms with E-state index < -0.39 is 0 Å². The summed E-state index contributed by atoms with van der Waals surface area (Å²) in [5, 5.41) is 1.44. The lowest BCUT2D eigenvalue weighted by Gasteiger charge is -2.33. The standard InChI is InChI=1S/C40H42Cl2O2/c1-3-5-7-9-27-43-35-23-15-31(16-24-35)39-37(29-11-19-33(41)20-12-29)38(30-13-21-34(42)22-14-30)40(39)32-17-25-36(26-18-32)44-28-10-8-6-4-2/h11-26H,3-10,27-28H2,1-2H3. The fourth-order valence-electron chi connectivity index (χ4n) is 5.70. The van der Waals surface area contributed by atoms with Gasteiger partial charge in [-0.15, -0.1) is 0 Å². The second-order valence-electron chi connectivity index (χ2n) is 11.4. The number of rotatable bonds is 16. The van der Waals surface area contributed by atoms with Crippen molar-refractivity contribution in [1.82, 2.24) is 0 Å². The van der Waals surface area contributed by atoms with E-state index in [9.17, 15) is 0 Å². The Morgan fingerprint density at radius 2 is 0.682 bits per heavy atom. The second kappa shape index (κ2) is 16.0. The van der Waals surface area contributed by atoms with Crippen LogP contribution < -0.4 is 9.47 Å². The van der Waals surface area contributed by atoms with Crippen LogP contribution in [0.15, 0.2) is 97.1 Å². The third kappa shape index (κ3) is 7.97. The Labute approximate surface area is 273 Å². The summed E-state index contributed by atoms with van der Waals surface area (Å²) in [6.07, 6.45) is 9.52. The summed E-state index contributed by atoms with van der Waals surface area (Å²) in [5.74, 6) is 1.81. The van der Waals surface area contributed by atoms with Crippen LogP contribution in [-0.2, 0) is 0 Å². The van der Waals surface area contributed by atoms with Crippen molar-refractivity contribution in [3.05, 3.63) is 129 Å². The van der Waals surface area contributed by atoms with Crippen molar-refractivity contribution in [2.24, 2.45) is 0 Å². The average molecular weight is 626 g/mol. The molecule has 2 nitrogen and oxygen atoms in total. The van der Waals surface area contributed by atoms with Crippen LogP contribution in [0.4, 0.5) is 0 Å². The molecular formula is C40H42Cl2O2. The molecule has 0 fully saturated rings. The number of ether oxygens (including phenoxy) is 2. The first-order valence-corrected chi connectivity index (χ1v) is 16.8. The zero-order valence-corrected chi connectivity index (χ0v) is 27.4. The number of hydrogen-bond donors (Lipinski definition) is 0. The molecule has 0 aliphatic heterocycles. The first-order valence-electron chi connectivity index (χ1n) is 16.1. The summed E-state index contributed by atoms with van der Waals surface area (Å²) in [6.45, 7) is 5.95. The molecule has 0 spiro atoms. The van der Waals surface area contributed by atoms with Crippen molar-refractivity contribution in [1.29, 1.82) is 0 Å². The van der Waals surface area contributed by atoms with Crippen molar-refractivity contribution < 1.29 is 9.47 Å². The first-order chi connectivity index (χ1) is 21.6. The van der Waals surface area contributed by atoms with Gasteiger partial charge in [-0.1, -0.05) is 124 Å². The Morgan fingerprint density at radius 3 is 0.977 bits per heavy atom. The molecule has 0 heterocycles. The van der Waals surface area contributed by atoms with Crippen molar-refractivity contribution in [2.75, 3.05) is 13.2 Å². The molecule has 4 aromatic carbocycles. The Balaban J connectivity index is 1.51. The van der Waals surface area contributed by atoms with Crippen LogP contribution in [0.3, 0.4) is 0 Å². The van der Waals surface area contributed by atoms with Crippen LogP contribution in [0.1, 0.15) is 87.5 Å². The van der Waals surface area contributed by atoms with Gasteiger partial charge >= 0.3 is 0 Å². The van der Waals surface area contributed by atoms with Gasteiger partial charge < -0.3 is 9.47 Å². The number of halogens is 2. The van der Waals surface area contributed by atoms with Crippen LogP contribution in [0.2, 0.25) is 10.0 Å². The molecule has 1 aliphatic carbocycles. The summed E-state index contributed by atoms with van der Waals surface area (Å²) in [6, 6.07) is 33.3. The molecule has 44 heavy (non-hydrogen) atoms. The Morgan fingerprint density at radius 1 is 0.386 bits per heavy atom. The van der Waals surface area contributed by atoms with Crippen molar-refractivity contribution in [3.63, 3.8) is 0 Å². The highest BCUT2D eigenvalue weighted by molar-refractivity contribution is 6.43. The van der Waals surface area contributed by atoms with Crippen LogP contribution >= 0.6 is 23.2 Å². The molecule has 1 aliphatic rings. The van der Waals surface area contributed by atoms with Crippen molar-refractivity contribution in [3.8, 4) is 11.5 Å². The predicted molar refractivity (Wildman–Crippen MR) is 189 cm³/mol. The van der Waals surface area contributed by atoms with E-state index >= 15 is 0 Å². The maximum atomic E-state index is 6.32. The molecule has 228 valence electrons. The molecule has 4 aromatic rings. The lowest BCUT2D eigenvalue weighted by Crippen LogP contribution is -2.10. The fourth-order valence-corrected chi connectivity index (χ4v) is 5.95. The molecule has 0 N–H and O–H groups in total. The molecule has 0 atom stereocenters. The molecule has 5 rings (SSSR count). The normalized spacial score (nSPS) is 12.8. The van der Waals surface area contributed by atoms with Gasteiger partial charge in [0.2, 0.25) is 0 Å². The smallest absolute Gasteiger partial charge is 0.119 e. The molecule has 0 saturated carbocycles. The van der Waals surface area contributed by atoms with Crippen LogP contribution in [0.25, 0.3) is 22.3 Å². The average Bonchev–Trinajstić information content (AvgIpc) is 3.04. The van der Waals surface area contributed by atoms with Crippen LogP contribution in [-0.4, -0.2) is 13.2 Å². The van der Waals surface area contributed by atoms with E-state index in [2.05, 4.69) is 86.6 Å². The van der Waals surface area contributed by atoms with Gasteiger partial charge in [-0.2, -0.15) is 0 Å². The van der Waals surface area contributed by atoms with E-state index in [0.717, 1.165) is 69.9 Å². The predicted octanol–water partition coefficient (Wildman–Crippen LogP) is 12.4. The van der Waals surface area contributed by atoms with E-state index in [1.807, 2.05) is 24.3 Å². The largest absolute Gasteiger partial charge is 0.494 e. The zero-order chi connectivity index (χ0) is 30.7. The lowest BCUT2D eigenvalue weighted by molar-refractivity contribution is 0.305. The fraction of sp³-hybridized carbons (Fsp3) is 0.300. The molecule has 0 radical (unpaired) electrons. The summed E-state index contributed by atoms with van der Waals surface area (Å²) in [5.41, 5.74) is 9.37. The van der Waals surface area contributed by atoms with Crippen LogP contribution in [0, 0.1) is 0 Å². The maximum Gasteiger partial charge on any atom is 0.119 e. The molecule has 0 unspecified atom stereocenters. The quantitative estimate of drug-likeness (QED) is 0.115. The van der Waals surface area contributed by atoms with Gasteiger partial charge in [-0.05, 0) is 106 Å². The molecule has 0 saturated heterocycles. The molecule has 4 heteroatoms. The van der Waals surface area contributed by atoms with Gasteiger partial charge in [0.1, 0.15) is 11.5 Å². The Kier molecular flexibility index (Phi) is 11.6. The van der Waals surface area contributed by atoms with Crippen molar-refractivity contribution in [2.45, 2.75) is 65.2 Å². The zero-order valence-electron chi connectivity index (χ0n) is 25.9. The third-order valence-electron chi connectivity index (χ3n) is 8.09. The molecular weight excluding hydrogens is 583 g/mol. The van der Waals surface area contributed by atoms with Crippen LogP contribution in [0.5, 0.6) is 11.5 Å². The minimum Gasteiger partial charge on any atom is -0.494 e. The van der Waals surface area contributed by atoms with Gasteiger partial charge in [0.15, 0.2) is 0 Å². The maximum absolute atomic E-state index is 6.32. The molecule has 0 bridgehead atoms. The van der Waals surface area contributed by atoms with Gasteiger partial charge in [-0.25, -0.2) is 0 Å². The number of benzene rings is 4. The van der Waals surface area contributed by atoms with Crippen molar-refractivity contribution >= 4 is 45.5 Å². The summed E-state index contributed by atoms with van der Waals surface area (Å²) in [7, 11) is 0. The third-order valence-corrected chi connectivity index (χ3v) is 8.59. The van der Waals surface area contributed by atoms with E-state index in [0.29, 0.717) is 0 Å². The van der Waals surface area contributed by atoms with E-state index in [1.54, 1.807) is 0 Å². The number of allylic oxidation sites excluding steroid dienone is 4. The van der Waals surface area contributed by atoms with E-state index in [1.165, 1.54) is 60.8 Å². The van der Waals surface area contributed by atoms with E-state index in [-0.39, 0.29) is 0 Å². The minimum absolute atomic E-state index is 0.721. The summed E-state index contributed by atoms with van der Waals surface area (Å²) >= 11 is 12.6. The number of unbranched alkanes of at least 4 members (excludes halogenated alkanes) is 6. The van der Waals surface area contributed by atoms with Gasteiger partial charge in [-0.3, -0.25) is 0 Å². The minimum atomic E-state index is 0.721. The monoisotopic (exact) mass is 624 g/mol. The first kappa shape index (κ1) is 31.9. The molecule has 0 amide bonds. The highest BCUT2D eigenvalue weighted by Gasteiger charge is 2.33. The second-order valence-corrected chi connectivity index (χ2v) is 12.3. The van der Waals surface area contributed by atoms with Gasteiger partial charge in [0.05, 0.1) is 13.2 Å². The van der Waals surface area contributed by atoms with E-state index in [4.69, 9.17) is 32.7 Å². The topological polar surface area (TPSA) is 18.5 Å². The Hall–Kier alpha value is -3.46. The highest BCUT2D eigenvalue weighted by Crippen LogP contribution is 2.56. The highest BCUT2D eigenvalue weighted by atomic mass is 35.5. The molecule has 0 aromatic heterocycles.